The minimum atomic E-state index is 0.151. The molecule has 1 heterocycles. The first-order valence-electron chi connectivity index (χ1n) is 9.30. The van der Waals surface area contributed by atoms with Crippen LogP contribution in [0.1, 0.15) is 61.6 Å². The van der Waals surface area contributed by atoms with Gasteiger partial charge in [-0.15, -0.1) is 0 Å². The quantitative estimate of drug-likeness (QED) is 0.883. The van der Waals surface area contributed by atoms with Gasteiger partial charge in [0.1, 0.15) is 0 Å². The number of carbonyl (C=O) groups excluding carboxylic acids is 1. The number of amides is 1. The standard InChI is InChI=1S/C20H30N2O/c1-14-12-15(2)19(16(3)13-14)21-20(23)18-10-7-11-22(18)17-8-5-4-6-9-17/h12-13,17-18H,4-11H2,1-3H3,(H,21,23)/p+1/t18-/m0/s1. The lowest BCUT2D eigenvalue weighted by Gasteiger charge is -2.32. The Labute approximate surface area is 140 Å². The first kappa shape index (κ1) is 16.5. The van der Waals surface area contributed by atoms with Crippen LogP contribution in [-0.4, -0.2) is 24.5 Å². The van der Waals surface area contributed by atoms with E-state index in [0.29, 0.717) is 6.04 Å². The van der Waals surface area contributed by atoms with Crippen molar-refractivity contribution in [1.82, 2.24) is 0 Å². The normalized spacial score (nSPS) is 25.5. The van der Waals surface area contributed by atoms with Crippen LogP contribution in [0.3, 0.4) is 0 Å². The molecular weight excluding hydrogens is 284 g/mol. The maximum absolute atomic E-state index is 12.9. The molecule has 2 fully saturated rings. The SMILES string of the molecule is Cc1cc(C)c(NC(=O)[C@@H]2CCC[NH+]2C2CCCCC2)c(C)c1. The van der Waals surface area contributed by atoms with Crippen LogP contribution in [0, 0.1) is 20.8 Å². The zero-order valence-corrected chi connectivity index (χ0v) is 14.9. The van der Waals surface area contributed by atoms with Crippen molar-refractivity contribution in [2.24, 2.45) is 0 Å². The van der Waals surface area contributed by atoms with Crippen molar-refractivity contribution >= 4 is 11.6 Å². The van der Waals surface area contributed by atoms with Gasteiger partial charge in [0, 0.05) is 18.5 Å². The lowest BCUT2D eigenvalue weighted by Crippen LogP contribution is -3.18. The highest BCUT2D eigenvalue weighted by atomic mass is 16.2. The second-order valence-electron chi connectivity index (χ2n) is 7.62. The summed E-state index contributed by atoms with van der Waals surface area (Å²) in [5.74, 6) is 0.234. The highest BCUT2D eigenvalue weighted by Crippen LogP contribution is 2.23. The smallest absolute Gasteiger partial charge is 0.282 e. The Hall–Kier alpha value is -1.35. The fourth-order valence-electron chi connectivity index (χ4n) is 4.72. The van der Waals surface area contributed by atoms with Crippen molar-refractivity contribution in [2.75, 3.05) is 11.9 Å². The third kappa shape index (κ3) is 3.60. The highest BCUT2D eigenvalue weighted by Gasteiger charge is 2.39. The molecule has 0 spiro atoms. The van der Waals surface area contributed by atoms with Gasteiger partial charge in [-0.2, -0.15) is 0 Å². The summed E-state index contributed by atoms with van der Waals surface area (Å²) in [6.45, 7) is 7.47. The maximum atomic E-state index is 12.9. The van der Waals surface area contributed by atoms with E-state index >= 15 is 0 Å². The summed E-state index contributed by atoms with van der Waals surface area (Å²) in [6, 6.07) is 5.17. The van der Waals surface area contributed by atoms with Crippen LogP contribution in [0.4, 0.5) is 5.69 Å². The lowest BCUT2D eigenvalue weighted by atomic mass is 9.93. The third-order valence-electron chi connectivity index (χ3n) is 5.78. The van der Waals surface area contributed by atoms with Crippen LogP contribution in [-0.2, 0) is 4.79 Å². The van der Waals surface area contributed by atoms with Gasteiger partial charge in [0.15, 0.2) is 6.04 Å². The Bertz CT molecular complexity index is 552. The molecule has 2 N–H and O–H groups in total. The predicted octanol–water partition coefficient (Wildman–Crippen LogP) is 2.93. The molecule has 1 aliphatic heterocycles. The van der Waals surface area contributed by atoms with E-state index in [0.717, 1.165) is 12.1 Å². The van der Waals surface area contributed by atoms with Crippen molar-refractivity contribution in [3.8, 4) is 0 Å². The molecule has 3 nitrogen and oxygen atoms in total. The van der Waals surface area contributed by atoms with E-state index in [-0.39, 0.29) is 11.9 Å². The second kappa shape index (κ2) is 7.04. The molecule has 2 atom stereocenters. The molecule has 1 amide bonds. The molecule has 0 aromatic heterocycles. The average molecular weight is 315 g/mol. The van der Waals surface area contributed by atoms with Crippen LogP contribution in [0.25, 0.3) is 0 Å². The van der Waals surface area contributed by atoms with Crippen molar-refractivity contribution in [1.29, 1.82) is 0 Å². The fraction of sp³-hybridized carbons (Fsp3) is 0.650. The van der Waals surface area contributed by atoms with Gasteiger partial charge in [-0.25, -0.2) is 0 Å². The van der Waals surface area contributed by atoms with E-state index in [2.05, 4.69) is 38.2 Å². The number of benzene rings is 1. The number of quaternary nitrogens is 1. The van der Waals surface area contributed by atoms with E-state index in [9.17, 15) is 4.79 Å². The lowest BCUT2D eigenvalue weighted by molar-refractivity contribution is -0.929. The molecule has 2 aliphatic rings. The number of rotatable bonds is 3. The minimum Gasteiger partial charge on any atom is -0.322 e. The van der Waals surface area contributed by atoms with Crippen molar-refractivity contribution < 1.29 is 9.69 Å². The molecule has 1 aromatic rings. The summed E-state index contributed by atoms with van der Waals surface area (Å²) < 4.78 is 0. The molecule has 3 rings (SSSR count). The summed E-state index contributed by atoms with van der Waals surface area (Å²) in [4.78, 5) is 14.5. The number of hydrogen-bond donors (Lipinski definition) is 2. The molecule has 0 bridgehead atoms. The van der Waals surface area contributed by atoms with Crippen LogP contribution < -0.4 is 10.2 Å². The summed E-state index contributed by atoms with van der Waals surface area (Å²) in [5.41, 5.74) is 4.63. The van der Waals surface area contributed by atoms with Gasteiger partial charge < -0.3 is 10.2 Å². The molecule has 23 heavy (non-hydrogen) atoms. The minimum absolute atomic E-state index is 0.151. The summed E-state index contributed by atoms with van der Waals surface area (Å²) in [5, 5.41) is 3.26. The number of aryl methyl sites for hydroxylation is 3. The van der Waals surface area contributed by atoms with Gasteiger partial charge in [-0.3, -0.25) is 4.79 Å². The predicted molar refractivity (Wildman–Crippen MR) is 95.0 cm³/mol. The zero-order chi connectivity index (χ0) is 16.4. The van der Waals surface area contributed by atoms with Crippen LogP contribution in [0.2, 0.25) is 0 Å². The summed E-state index contributed by atoms with van der Waals surface area (Å²) >= 11 is 0. The van der Waals surface area contributed by atoms with Crippen LogP contribution in [0.5, 0.6) is 0 Å². The molecule has 126 valence electrons. The number of likely N-dealkylation sites (tertiary alicyclic amines) is 1. The molecule has 3 heteroatoms. The monoisotopic (exact) mass is 315 g/mol. The van der Waals surface area contributed by atoms with E-state index in [1.54, 1.807) is 4.90 Å². The second-order valence-corrected chi connectivity index (χ2v) is 7.62. The number of anilines is 1. The first-order valence-corrected chi connectivity index (χ1v) is 9.30. The van der Waals surface area contributed by atoms with E-state index < -0.39 is 0 Å². The third-order valence-corrected chi connectivity index (χ3v) is 5.78. The van der Waals surface area contributed by atoms with Gasteiger partial charge in [0.2, 0.25) is 0 Å². The molecule has 1 saturated heterocycles. The molecular formula is C20H31N2O+. The van der Waals surface area contributed by atoms with Gasteiger partial charge in [0.05, 0.1) is 12.6 Å². The molecule has 1 aliphatic carbocycles. The number of carbonyl (C=O) groups is 1. The highest BCUT2D eigenvalue weighted by molar-refractivity contribution is 5.95. The molecule has 1 saturated carbocycles. The fourth-order valence-corrected chi connectivity index (χ4v) is 4.72. The topological polar surface area (TPSA) is 33.5 Å². The number of nitrogens with one attached hydrogen (secondary N) is 2. The first-order chi connectivity index (χ1) is 11.1. The van der Waals surface area contributed by atoms with Crippen molar-refractivity contribution in [3.63, 3.8) is 0 Å². The van der Waals surface area contributed by atoms with E-state index in [1.165, 1.54) is 61.8 Å². The Morgan fingerprint density at radius 3 is 2.30 bits per heavy atom. The summed E-state index contributed by atoms with van der Waals surface area (Å²) in [6.07, 6.45) is 8.92. The van der Waals surface area contributed by atoms with Crippen LogP contribution in [0.15, 0.2) is 12.1 Å². The number of hydrogen-bond acceptors (Lipinski definition) is 1. The van der Waals surface area contributed by atoms with Gasteiger partial charge in [-0.1, -0.05) is 24.1 Å². The largest absolute Gasteiger partial charge is 0.322 e. The van der Waals surface area contributed by atoms with Crippen LogP contribution >= 0.6 is 0 Å². The summed E-state index contributed by atoms with van der Waals surface area (Å²) in [7, 11) is 0. The Morgan fingerprint density at radius 2 is 1.65 bits per heavy atom. The maximum Gasteiger partial charge on any atom is 0.282 e. The van der Waals surface area contributed by atoms with Gasteiger partial charge >= 0.3 is 0 Å². The van der Waals surface area contributed by atoms with E-state index in [4.69, 9.17) is 0 Å². The van der Waals surface area contributed by atoms with Gasteiger partial charge in [-0.05, 0) is 57.6 Å². The zero-order valence-electron chi connectivity index (χ0n) is 14.9. The molecule has 0 radical (unpaired) electrons. The molecule has 1 aromatic carbocycles. The average Bonchev–Trinajstić information content (AvgIpc) is 3.01. The van der Waals surface area contributed by atoms with Crippen molar-refractivity contribution in [2.45, 2.75) is 77.8 Å². The molecule has 1 unspecified atom stereocenters. The van der Waals surface area contributed by atoms with E-state index in [1.807, 2.05) is 0 Å². The Morgan fingerprint density at radius 1 is 1.00 bits per heavy atom. The Kier molecular flexibility index (Phi) is 5.05. The Balaban J connectivity index is 1.72. The van der Waals surface area contributed by atoms with Gasteiger partial charge in [0.25, 0.3) is 5.91 Å². The van der Waals surface area contributed by atoms with Crippen molar-refractivity contribution in [3.05, 3.63) is 28.8 Å².